The highest BCUT2D eigenvalue weighted by Crippen LogP contribution is 2.26. The van der Waals surface area contributed by atoms with Crippen molar-refractivity contribution in [2.24, 2.45) is 0 Å². The van der Waals surface area contributed by atoms with Gasteiger partial charge in [-0.2, -0.15) is 0 Å². The molecule has 1 amide bonds. The molecular formula is C18H22BrN5O2. The van der Waals surface area contributed by atoms with Gasteiger partial charge in [-0.05, 0) is 28.1 Å². The molecule has 3 rings (SSSR count). The maximum absolute atomic E-state index is 11.8. The fraction of sp³-hybridized carbons (Fsp3) is 0.389. The topological polar surface area (TPSA) is 74.5 Å². The normalized spacial score (nSPS) is 15.7. The zero-order valence-corrected chi connectivity index (χ0v) is 16.1. The first-order valence-corrected chi connectivity index (χ1v) is 9.34. The molecule has 0 saturated carbocycles. The second-order valence-electron chi connectivity index (χ2n) is 6.13. The molecule has 2 aromatic rings. The standard InChI is InChI=1S/C18H22BrN5O2/c1-2-7-20-16(25)12-23-8-10-24(11-9-23)13-17-21-22-18(26-17)14-5-3-4-6-15(14)19/h2-6H,1,7-13H2,(H,20,25). The van der Waals surface area contributed by atoms with Crippen molar-refractivity contribution in [3.8, 4) is 11.5 Å². The second kappa shape index (κ2) is 9.07. The van der Waals surface area contributed by atoms with Crippen molar-refractivity contribution in [3.05, 3.63) is 47.3 Å². The van der Waals surface area contributed by atoms with E-state index in [-0.39, 0.29) is 5.91 Å². The van der Waals surface area contributed by atoms with Crippen LogP contribution in [0.3, 0.4) is 0 Å². The summed E-state index contributed by atoms with van der Waals surface area (Å²) in [7, 11) is 0. The van der Waals surface area contributed by atoms with Crippen molar-refractivity contribution in [3.63, 3.8) is 0 Å². The summed E-state index contributed by atoms with van der Waals surface area (Å²) in [5.74, 6) is 1.16. The molecule has 138 valence electrons. The van der Waals surface area contributed by atoms with Crippen molar-refractivity contribution >= 4 is 21.8 Å². The number of hydrogen-bond donors (Lipinski definition) is 1. The molecular weight excluding hydrogens is 398 g/mol. The summed E-state index contributed by atoms with van der Waals surface area (Å²) in [6.07, 6.45) is 1.68. The molecule has 1 aliphatic heterocycles. The average Bonchev–Trinajstić information content (AvgIpc) is 3.10. The van der Waals surface area contributed by atoms with Crippen LogP contribution in [0.1, 0.15) is 5.89 Å². The van der Waals surface area contributed by atoms with E-state index in [4.69, 9.17) is 4.42 Å². The summed E-state index contributed by atoms with van der Waals surface area (Å²) in [5, 5.41) is 11.1. The van der Waals surface area contributed by atoms with Gasteiger partial charge in [-0.3, -0.25) is 14.6 Å². The third kappa shape index (κ3) is 5.00. The van der Waals surface area contributed by atoms with Crippen LogP contribution in [0.25, 0.3) is 11.5 Å². The Morgan fingerprint density at radius 1 is 1.23 bits per heavy atom. The molecule has 7 nitrogen and oxygen atoms in total. The van der Waals surface area contributed by atoms with Gasteiger partial charge in [0.15, 0.2) is 0 Å². The number of benzene rings is 1. The summed E-state index contributed by atoms with van der Waals surface area (Å²) in [5.41, 5.74) is 0.890. The summed E-state index contributed by atoms with van der Waals surface area (Å²) < 4.78 is 6.74. The zero-order chi connectivity index (χ0) is 18.4. The van der Waals surface area contributed by atoms with Crippen LogP contribution >= 0.6 is 15.9 Å². The minimum absolute atomic E-state index is 0.0355. The molecule has 0 atom stereocenters. The summed E-state index contributed by atoms with van der Waals surface area (Å²) in [6.45, 7) is 8.56. The predicted octanol–water partition coefficient (Wildman–Crippen LogP) is 1.92. The molecule has 0 spiro atoms. The lowest BCUT2D eigenvalue weighted by molar-refractivity contribution is -0.122. The minimum Gasteiger partial charge on any atom is -0.419 e. The number of amides is 1. The largest absolute Gasteiger partial charge is 0.419 e. The molecule has 1 N–H and O–H groups in total. The zero-order valence-electron chi connectivity index (χ0n) is 14.5. The first kappa shape index (κ1) is 18.8. The van der Waals surface area contributed by atoms with E-state index in [1.165, 1.54) is 0 Å². The highest BCUT2D eigenvalue weighted by atomic mass is 79.9. The van der Waals surface area contributed by atoms with Crippen LogP contribution in [0.15, 0.2) is 45.8 Å². The first-order valence-electron chi connectivity index (χ1n) is 8.55. The third-order valence-corrected chi connectivity index (χ3v) is 4.90. The molecule has 1 aliphatic rings. The summed E-state index contributed by atoms with van der Waals surface area (Å²) in [6, 6.07) is 7.78. The Balaban J connectivity index is 1.49. The fourth-order valence-electron chi connectivity index (χ4n) is 2.80. The molecule has 1 fully saturated rings. The number of nitrogens with zero attached hydrogens (tertiary/aromatic N) is 4. The van der Waals surface area contributed by atoms with Crippen molar-refractivity contribution < 1.29 is 9.21 Å². The lowest BCUT2D eigenvalue weighted by Crippen LogP contribution is -2.49. The number of nitrogens with one attached hydrogen (secondary N) is 1. The Morgan fingerprint density at radius 3 is 2.69 bits per heavy atom. The fourth-order valence-corrected chi connectivity index (χ4v) is 3.26. The highest BCUT2D eigenvalue weighted by Gasteiger charge is 2.21. The summed E-state index contributed by atoms with van der Waals surface area (Å²) >= 11 is 3.50. The molecule has 2 heterocycles. The Labute approximate surface area is 161 Å². The monoisotopic (exact) mass is 419 g/mol. The maximum atomic E-state index is 11.8. The molecule has 0 bridgehead atoms. The number of hydrogen-bond acceptors (Lipinski definition) is 6. The van der Waals surface area contributed by atoms with Crippen LogP contribution in [0, 0.1) is 0 Å². The predicted molar refractivity (Wildman–Crippen MR) is 102 cm³/mol. The SMILES string of the molecule is C=CCNC(=O)CN1CCN(Cc2nnc(-c3ccccc3Br)o2)CC1. The van der Waals surface area contributed by atoms with Gasteiger partial charge in [-0.25, -0.2) is 0 Å². The van der Waals surface area contributed by atoms with E-state index in [9.17, 15) is 4.79 Å². The van der Waals surface area contributed by atoms with Crippen molar-refractivity contribution in [2.45, 2.75) is 6.54 Å². The second-order valence-corrected chi connectivity index (χ2v) is 6.98. The Morgan fingerprint density at radius 2 is 1.96 bits per heavy atom. The molecule has 1 saturated heterocycles. The van der Waals surface area contributed by atoms with Gasteiger partial charge >= 0.3 is 0 Å². The van der Waals surface area contributed by atoms with Gasteiger partial charge in [-0.1, -0.05) is 18.2 Å². The number of carbonyl (C=O) groups excluding carboxylic acids is 1. The van der Waals surface area contributed by atoms with Crippen LogP contribution in [-0.2, 0) is 11.3 Å². The minimum atomic E-state index is 0.0355. The number of carbonyl (C=O) groups is 1. The van der Waals surface area contributed by atoms with E-state index in [0.717, 1.165) is 36.2 Å². The summed E-state index contributed by atoms with van der Waals surface area (Å²) in [4.78, 5) is 16.2. The Kier molecular flexibility index (Phi) is 6.54. The smallest absolute Gasteiger partial charge is 0.248 e. The van der Waals surface area contributed by atoms with Gasteiger partial charge in [0, 0.05) is 37.2 Å². The van der Waals surface area contributed by atoms with Crippen molar-refractivity contribution in [2.75, 3.05) is 39.3 Å². The lowest BCUT2D eigenvalue weighted by Gasteiger charge is -2.33. The molecule has 0 unspecified atom stereocenters. The lowest BCUT2D eigenvalue weighted by atomic mass is 10.2. The molecule has 1 aromatic heterocycles. The van der Waals surface area contributed by atoms with E-state index in [2.05, 4.69) is 47.8 Å². The van der Waals surface area contributed by atoms with E-state index in [1.807, 2.05) is 24.3 Å². The van der Waals surface area contributed by atoms with Crippen LogP contribution in [0.4, 0.5) is 0 Å². The van der Waals surface area contributed by atoms with E-state index in [0.29, 0.717) is 31.4 Å². The number of halogens is 1. The average molecular weight is 420 g/mol. The van der Waals surface area contributed by atoms with E-state index < -0.39 is 0 Å². The van der Waals surface area contributed by atoms with Crippen LogP contribution in [-0.4, -0.2) is 65.2 Å². The van der Waals surface area contributed by atoms with Crippen molar-refractivity contribution in [1.29, 1.82) is 0 Å². The maximum Gasteiger partial charge on any atom is 0.248 e. The van der Waals surface area contributed by atoms with Crippen LogP contribution in [0.2, 0.25) is 0 Å². The highest BCUT2D eigenvalue weighted by molar-refractivity contribution is 9.10. The molecule has 8 heteroatoms. The first-order chi connectivity index (χ1) is 12.7. The van der Waals surface area contributed by atoms with E-state index in [1.54, 1.807) is 6.08 Å². The van der Waals surface area contributed by atoms with Crippen LogP contribution < -0.4 is 5.32 Å². The van der Waals surface area contributed by atoms with Gasteiger partial charge in [0.05, 0.1) is 18.7 Å². The third-order valence-electron chi connectivity index (χ3n) is 4.21. The Hall–Kier alpha value is -2.03. The van der Waals surface area contributed by atoms with Crippen LogP contribution in [0.5, 0.6) is 0 Å². The van der Waals surface area contributed by atoms with Gasteiger partial charge in [-0.15, -0.1) is 16.8 Å². The molecule has 26 heavy (non-hydrogen) atoms. The quantitative estimate of drug-likeness (QED) is 0.690. The van der Waals surface area contributed by atoms with Gasteiger partial charge in [0.2, 0.25) is 17.7 Å². The van der Waals surface area contributed by atoms with Gasteiger partial charge in [0.1, 0.15) is 0 Å². The van der Waals surface area contributed by atoms with E-state index >= 15 is 0 Å². The molecule has 0 radical (unpaired) electrons. The number of rotatable bonds is 7. The number of aromatic nitrogens is 2. The van der Waals surface area contributed by atoms with Gasteiger partial charge < -0.3 is 9.73 Å². The number of piperazine rings is 1. The van der Waals surface area contributed by atoms with Crippen molar-refractivity contribution in [1.82, 2.24) is 25.3 Å². The molecule has 1 aromatic carbocycles. The molecule has 0 aliphatic carbocycles. The van der Waals surface area contributed by atoms with Gasteiger partial charge in [0.25, 0.3) is 0 Å². The Bertz CT molecular complexity index is 756.